The van der Waals surface area contributed by atoms with Crippen molar-refractivity contribution >= 4 is 39.3 Å². The number of likely N-dealkylation sites (N-methyl/N-ethyl adjacent to an activating group) is 1. The van der Waals surface area contributed by atoms with Gasteiger partial charge in [0.15, 0.2) is 5.82 Å². The average Bonchev–Trinajstić information content (AvgIpc) is 3.19. The van der Waals surface area contributed by atoms with Crippen LogP contribution in [0, 0.1) is 0 Å². The smallest absolute Gasteiger partial charge is 0.475 e. The number of aliphatic carboxylic acids is 1. The number of nitrogens with two attached hydrogens (primary N) is 1. The van der Waals surface area contributed by atoms with Gasteiger partial charge < -0.3 is 21.1 Å². The summed E-state index contributed by atoms with van der Waals surface area (Å²) >= 11 is 1.79. The van der Waals surface area contributed by atoms with Gasteiger partial charge >= 0.3 is 12.1 Å². The number of nitrogen functional groups attached to an aromatic ring is 1. The Labute approximate surface area is 164 Å². The van der Waals surface area contributed by atoms with Crippen LogP contribution in [0.5, 0.6) is 0 Å². The van der Waals surface area contributed by atoms with Crippen molar-refractivity contribution in [3.63, 3.8) is 0 Å². The standard InChI is InChI=1S/C15H23N5S.C2HF3O2/c1-15(2,3)11-7-10-12(21-11)13(19-14(16)18-10)20-6-5-9(8-20)17-4;3-2(4,5)1(6)7/h7,9,17H,5-6,8H2,1-4H3,(H2,16,18,19);(H,6,7)/t9-;/m1./s1. The maximum atomic E-state index is 10.6. The summed E-state index contributed by atoms with van der Waals surface area (Å²) in [4.78, 5) is 21.5. The van der Waals surface area contributed by atoms with Gasteiger partial charge in [-0.2, -0.15) is 18.2 Å². The Balaban J connectivity index is 0.000000345. The van der Waals surface area contributed by atoms with Crippen LogP contribution in [-0.2, 0) is 10.2 Å². The van der Waals surface area contributed by atoms with Crippen LogP contribution in [0.3, 0.4) is 0 Å². The number of hydrogen-bond acceptors (Lipinski definition) is 7. The van der Waals surface area contributed by atoms with Crippen molar-refractivity contribution in [1.82, 2.24) is 15.3 Å². The Morgan fingerprint density at radius 1 is 1.36 bits per heavy atom. The zero-order valence-electron chi connectivity index (χ0n) is 16.1. The van der Waals surface area contributed by atoms with Crippen molar-refractivity contribution in [2.45, 2.75) is 44.8 Å². The molecule has 4 N–H and O–H groups in total. The van der Waals surface area contributed by atoms with Gasteiger partial charge in [-0.3, -0.25) is 0 Å². The number of alkyl halides is 3. The summed E-state index contributed by atoms with van der Waals surface area (Å²) < 4.78 is 32.9. The molecule has 1 aliphatic heterocycles. The molecule has 0 unspecified atom stereocenters. The minimum absolute atomic E-state index is 0.121. The largest absolute Gasteiger partial charge is 0.490 e. The molecule has 0 radical (unpaired) electrons. The SMILES string of the molecule is CN[C@@H]1CCN(c2nc(N)nc3cc(C(C)(C)C)sc23)C1.O=C(O)C(F)(F)F. The molecule has 156 valence electrons. The van der Waals surface area contributed by atoms with E-state index in [0.717, 1.165) is 35.5 Å². The predicted octanol–water partition coefficient (Wildman–Crippen LogP) is 3.00. The van der Waals surface area contributed by atoms with Crippen LogP contribution in [-0.4, -0.2) is 53.4 Å². The first-order chi connectivity index (χ1) is 12.8. The van der Waals surface area contributed by atoms with Crippen LogP contribution in [0.25, 0.3) is 10.2 Å². The van der Waals surface area contributed by atoms with Crippen LogP contribution in [0.2, 0.25) is 0 Å². The van der Waals surface area contributed by atoms with Crippen molar-refractivity contribution in [1.29, 1.82) is 0 Å². The number of carboxylic acids is 1. The van der Waals surface area contributed by atoms with Gasteiger partial charge in [0.1, 0.15) is 0 Å². The minimum atomic E-state index is -5.08. The zero-order valence-corrected chi connectivity index (χ0v) is 16.9. The molecule has 3 rings (SSSR count). The highest BCUT2D eigenvalue weighted by Gasteiger charge is 2.38. The fraction of sp³-hybridized carbons (Fsp3) is 0.588. The second-order valence-corrected chi connectivity index (χ2v) is 8.56. The lowest BCUT2D eigenvalue weighted by Gasteiger charge is -2.18. The molecule has 11 heteroatoms. The number of nitrogens with zero attached hydrogens (tertiary/aromatic N) is 3. The molecule has 2 aromatic heterocycles. The van der Waals surface area contributed by atoms with Gasteiger partial charge in [-0.05, 0) is 24.9 Å². The summed E-state index contributed by atoms with van der Waals surface area (Å²) in [6, 6.07) is 2.69. The number of halogens is 3. The first kappa shape index (κ1) is 22.2. The maximum absolute atomic E-state index is 10.6. The van der Waals surface area contributed by atoms with Gasteiger partial charge in [0, 0.05) is 24.0 Å². The number of carboxylic acid groups (broad SMARTS) is 1. The van der Waals surface area contributed by atoms with Crippen LogP contribution in [0.15, 0.2) is 6.07 Å². The quantitative estimate of drug-likeness (QED) is 0.687. The third kappa shape index (κ3) is 5.22. The number of thiophene rings is 1. The van der Waals surface area contributed by atoms with Crippen molar-refractivity contribution in [3.05, 3.63) is 10.9 Å². The Hall–Kier alpha value is -2.14. The summed E-state index contributed by atoms with van der Waals surface area (Å²) in [5, 5.41) is 10.5. The zero-order chi connectivity index (χ0) is 21.3. The fourth-order valence-electron chi connectivity index (χ4n) is 2.70. The van der Waals surface area contributed by atoms with Crippen LogP contribution in [0.1, 0.15) is 32.1 Å². The Morgan fingerprint density at radius 2 is 1.96 bits per heavy atom. The van der Waals surface area contributed by atoms with E-state index >= 15 is 0 Å². The molecule has 0 spiro atoms. The fourth-order valence-corrected chi connectivity index (χ4v) is 3.88. The van der Waals surface area contributed by atoms with Crippen molar-refractivity contribution in [3.8, 4) is 0 Å². The van der Waals surface area contributed by atoms with Crippen molar-refractivity contribution < 1.29 is 23.1 Å². The molecule has 28 heavy (non-hydrogen) atoms. The van der Waals surface area contributed by atoms with Gasteiger partial charge in [0.05, 0.1) is 10.2 Å². The normalized spacial score (nSPS) is 17.5. The molecular weight excluding hydrogens is 395 g/mol. The summed E-state index contributed by atoms with van der Waals surface area (Å²) in [7, 11) is 2.01. The van der Waals surface area contributed by atoms with Gasteiger partial charge in [-0.25, -0.2) is 9.78 Å². The van der Waals surface area contributed by atoms with Gasteiger partial charge in [-0.15, -0.1) is 11.3 Å². The lowest BCUT2D eigenvalue weighted by atomic mass is 9.95. The molecule has 0 aliphatic carbocycles. The first-order valence-electron chi connectivity index (χ1n) is 8.62. The van der Waals surface area contributed by atoms with Gasteiger partial charge in [0.2, 0.25) is 5.95 Å². The van der Waals surface area contributed by atoms with Crippen molar-refractivity contribution in [2.75, 3.05) is 30.8 Å². The molecule has 0 bridgehead atoms. The second kappa shape index (κ2) is 8.08. The van der Waals surface area contributed by atoms with Crippen LogP contribution in [0.4, 0.5) is 24.9 Å². The third-order valence-corrected chi connectivity index (χ3v) is 5.79. The van der Waals surface area contributed by atoms with E-state index < -0.39 is 12.1 Å². The molecular formula is C17H24F3N5O2S. The minimum Gasteiger partial charge on any atom is -0.475 e. The number of aromatic nitrogens is 2. The molecule has 7 nitrogen and oxygen atoms in total. The van der Waals surface area contributed by atoms with Crippen LogP contribution < -0.4 is 16.0 Å². The average molecular weight is 419 g/mol. The number of rotatable bonds is 2. The summed E-state index contributed by atoms with van der Waals surface area (Å²) in [6.07, 6.45) is -3.95. The highest BCUT2D eigenvalue weighted by Crippen LogP contribution is 2.38. The van der Waals surface area contributed by atoms with E-state index in [1.165, 1.54) is 4.88 Å². The number of carbonyl (C=O) groups is 1. The van der Waals surface area contributed by atoms with E-state index in [9.17, 15) is 13.2 Å². The Morgan fingerprint density at radius 3 is 2.43 bits per heavy atom. The molecule has 1 aliphatic rings. The lowest BCUT2D eigenvalue weighted by molar-refractivity contribution is -0.192. The third-order valence-electron chi connectivity index (χ3n) is 4.25. The number of anilines is 2. The highest BCUT2D eigenvalue weighted by atomic mass is 32.1. The molecule has 0 saturated carbocycles. The molecule has 2 aromatic rings. The monoisotopic (exact) mass is 419 g/mol. The Bertz CT molecular complexity index is 848. The van der Waals surface area contributed by atoms with Gasteiger partial charge in [0.25, 0.3) is 0 Å². The molecule has 1 fully saturated rings. The molecule has 1 saturated heterocycles. The van der Waals surface area contributed by atoms with Crippen LogP contribution >= 0.6 is 11.3 Å². The molecule has 0 amide bonds. The second-order valence-electron chi connectivity index (χ2n) is 7.50. The number of fused-ring (bicyclic) bond motifs is 1. The topological polar surface area (TPSA) is 104 Å². The lowest BCUT2D eigenvalue weighted by Crippen LogP contribution is -2.30. The highest BCUT2D eigenvalue weighted by molar-refractivity contribution is 7.19. The van der Waals surface area contributed by atoms with E-state index in [1.807, 2.05) is 7.05 Å². The first-order valence-corrected chi connectivity index (χ1v) is 9.44. The summed E-state index contributed by atoms with van der Waals surface area (Å²) in [6.45, 7) is 8.66. The molecule has 0 aromatic carbocycles. The Kier molecular flexibility index (Phi) is 6.39. The van der Waals surface area contributed by atoms with E-state index in [4.69, 9.17) is 15.6 Å². The van der Waals surface area contributed by atoms with E-state index in [0.29, 0.717) is 12.0 Å². The maximum Gasteiger partial charge on any atom is 0.490 e. The molecule has 3 heterocycles. The molecule has 1 atom stereocenters. The predicted molar refractivity (Wildman–Crippen MR) is 104 cm³/mol. The summed E-state index contributed by atoms with van der Waals surface area (Å²) in [5.41, 5.74) is 7.01. The van der Waals surface area contributed by atoms with E-state index in [-0.39, 0.29) is 5.41 Å². The summed E-state index contributed by atoms with van der Waals surface area (Å²) in [5.74, 6) is -1.40. The number of hydrogen-bond donors (Lipinski definition) is 3. The van der Waals surface area contributed by atoms with E-state index in [2.05, 4.69) is 47.0 Å². The van der Waals surface area contributed by atoms with Crippen molar-refractivity contribution in [2.24, 2.45) is 0 Å². The van der Waals surface area contributed by atoms with Gasteiger partial charge in [-0.1, -0.05) is 20.8 Å². The van der Waals surface area contributed by atoms with E-state index in [1.54, 1.807) is 11.3 Å². The number of nitrogens with one attached hydrogen (secondary N) is 1.